The molecular formula is C17H27NO3. The smallest absolute Gasteiger partial charge is 0.119 e. The van der Waals surface area contributed by atoms with E-state index in [0.717, 1.165) is 31.2 Å². The van der Waals surface area contributed by atoms with Crippen LogP contribution in [0.4, 0.5) is 0 Å². The quantitative estimate of drug-likeness (QED) is 0.688. The van der Waals surface area contributed by atoms with Gasteiger partial charge in [0.05, 0.1) is 5.60 Å². The van der Waals surface area contributed by atoms with Crippen molar-refractivity contribution in [2.75, 3.05) is 6.54 Å². The standard InChI is InChI=1S/C17H27NO3/c1-12(13-8-14(19)10-15(20)9-13)18-11-17(21)6-4-16(2,3)5-7-17/h8-10,12,18-21H,4-7,11H2,1-3H3. The molecule has 0 radical (unpaired) electrons. The minimum absolute atomic E-state index is 0.0399. The van der Waals surface area contributed by atoms with Crippen molar-refractivity contribution in [1.82, 2.24) is 5.32 Å². The van der Waals surface area contributed by atoms with E-state index in [2.05, 4.69) is 19.2 Å². The zero-order valence-corrected chi connectivity index (χ0v) is 13.2. The minimum Gasteiger partial charge on any atom is -0.508 e. The van der Waals surface area contributed by atoms with E-state index in [9.17, 15) is 15.3 Å². The van der Waals surface area contributed by atoms with Crippen molar-refractivity contribution in [3.05, 3.63) is 23.8 Å². The number of aromatic hydroxyl groups is 2. The van der Waals surface area contributed by atoms with Gasteiger partial charge in [0, 0.05) is 18.7 Å². The van der Waals surface area contributed by atoms with Crippen LogP contribution in [0.1, 0.15) is 58.1 Å². The maximum absolute atomic E-state index is 10.6. The second-order valence-electron chi connectivity index (χ2n) is 7.27. The second kappa shape index (κ2) is 5.85. The van der Waals surface area contributed by atoms with Crippen molar-refractivity contribution < 1.29 is 15.3 Å². The maximum Gasteiger partial charge on any atom is 0.119 e. The number of benzene rings is 1. The highest BCUT2D eigenvalue weighted by molar-refractivity contribution is 5.37. The van der Waals surface area contributed by atoms with Crippen LogP contribution in [0.2, 0.25) is 0 Å². The number of rotatable bonds is 4. The van der Waals surface area contributed by atoms with Crippen molar-refractivity contribution in [2.24, 2.45) is 5.41 Å². The summed E-state index contributed by atoms with van der Waals surface area (Å²) in [6, 6.07) is 4.53. The lowest BCUT2D eigenvalue weighted by Gasteiger charge is -2.40. The average molecular weight is 293 g/mol. The summed E-state index contributed by atoms with van der Waals surface area (Å²) in [7, 11) is 0. The lowest BCUT2D eigenvalue weighted by atomic mass is 9.71. The molecule has 1 aliphatic carbocycles. The summed E-state index contributed by atoms with van der Waals surface area (Å²) in [5, 5.41) is 33.0. The van der Waals surface area contributed by atoms with Gasteiger partial charge in [0.1, 0.15) is 11.5 Å². The Labute approximate surface area is 126 Å². The van der Waals surface area contributed by atoms with Gasteiger partial charge in [0.25, 0.3) is 0 Å². The van der Waals surface area contributed by atoms with E-state index >= 15 is 0 Å². The molecule has 1 aliphatic rings. The third kappa shape index (κ3) is 4.35. The van der Waals surface area contributed by atoms with Gasteiger partial charge >= 0.3 is 0 Å². The number of nitrogens with one attached hydrogen (secondary N) is 1. The number of phenolic OH excluding ortho intramolecular Hbond substituents is 2. The first-order valence-corrected chi connectivity index (χ1v) is 7.68. The Kier molecular flexibility index (Phi) is 4.49. The van der Waals surface area contributed by atoms with Gasteiger partial charge in [0.2, 0.25) is 0 Å². The molecule has 4 N–H and O–H groups in total. The number of hydrogen-bond acceptors (Lipinski definition) is 4. The van der Waals surface area contributed by atoms with Gasteiger partial charge in [-0.25, -0.2) is 0 Å². The van der Waals surface area contributed by atoms with Crippen LogP contribution in [-0.2, 0) is 0 Å². The molecule has 4 nitrogen and oxygen atoms in total. The van der Waals surface area contributed by atoms with E-state index in [-0.39, 0.29) is 17.5 Å². The van der Waals surface area contributed by atoms with Crippen LogP contribution in [0, 0.1) is 5.41 Å². The fourth-order valence-electron chi connectivity index (χ4n) is 2.90. The van der Waals surface area contributed by atoms with E-state index in [1.165, 1.54) is 6.07 Å². The predicted molar refractivity (Wildman–Crippen MR) is 83.4 cm³/mol. The van der Waals surface area contributed by atoms with Gasteiger partial charge in [-0.05, 0) is 55.7 Å². The topological polar surface area (TPSA) is 72.7 Å². The summed E-state index contributed by atoms with van der Waals surface area (Å²) in [6.45, 7) is 6.99. The van der Waals surface area contributed by atoms with Crippen LogP contribution >= 0.6 is 0 Å². The van der Waals surface area contributed by atoms with Crippen LogP contribution in [-0.4, -0.2) is 27.5 Å². The Balaban J connectivity index is 1.93. The van der Waals surface area contributed by atoms with Gasteiger partial charge in [-0.15, -0.1) is 0 Å². The van der Waals surface area contributed by atoms with Crippen LogP contribution in [0.5, 0.6) is 11.5 Å². The Bertz CT molecular complexity index is 469. The minimum atomic E-state index is -0.650. The van der Waals surface area contributed by atoms with Gasteiger partial charge in [-0.1, -0.05) is 13.8 Å². The number of aliphatic hydroxyl groups is 1. The molecule has 1 unspecified atom stereocenters. The first kappa shape index (κ1) is 16.1. The highest BCUT2D eigenvalue weighted by Crippen LogP contribution is 2.40. The van der Waals surface area contributed by atoms with Crippen LogP contribution < -0.4 is 5.32 Å². The summed E-state index contributed by atoms with van der Waals surface area (Å²) in [6.07, 6.45) is 3.69. The molecule has 0 bridgehead atoms. The maximum atomic E-state index is 10.6. The summed E-state index contributed by atoms with van der Waals surface area (Å²) in [5.41, 5.74) is 0.490. The molecule has 2 rings (SSSR count). The zero-order valence-electron chi connectivity index (χ0n) is 13.2. The number of hydrogen-bond donors (Lipinski definition) is 4. The molecule has 1 aromatic carbocycles. The molecule has 0 amide bonds. The van der Waals surface area contributed by atoms with Crippen LogP contribution in [0.25, 0.3) is 0 Å². The van der Waals surface area contributed by atoms with Crippen molar-refractivity contribution in [3.63, 3.8) is 0 Å². The summed E-state index contributed by atoms with van der Waals surface area (Å²) < 4.78 is 0. The highest BCUT2D eigenvalue weighted by atomic mass is 16.3. The van der Waals surface area contributed by atoms with Crippen LogP contribution in [0.3, 0.4) is 0 Å². The Morgan fingerprint density at radius 3 is 2.10 bits per heavy atom. The molecule has 0 aromatic heterocycles. The second-order valence-corrected chi connectivity index (χ2v) is 7.27. The monoisotopic (exact) mass is 293 g/mol. The van der Waals surface area contributed by atoms with Crippen LogP contribution in [0.15, 0.2) is 18.2 Å². The van der Waals surface area contributed by atoms with Crippen molar-refractivity contribution in [3.8, 4) is 11.5 Å². The molecule has 1 aromatic rings. The molecule has 0 spiro atoms. The lowest BCUT2D eigenvalue weighted by Crippen LogP contribution is -2.45. The van der Waals surface area contributed by atoms with Crippen molar-refractivity contribution >= 4 is 0 Å². The Hall–Kier alpha value is -1.26. The first-order valence-electron chi connectivity index (χ1n) is 7.68. The van der Waals surface area contributed by atoms with E-state index < -0.39 is 5.60 Å². The Morgan fingerprint density at radius 1 is 1.05 bits per heavy atom. The molecule has 1 atom stereocenters. The predicted octanol–water partition coefficient (Wildman–Crippen LogP) is 3.08. The van der Waals surface area contributed by atoms with Gasteiger partial charge < -0.3 is 20.6 Å². The van der Waals surface area contributed by atoms with Gasteiger partial charge in [-0.2, -0.15) is 0 Å². The first-order chi connectivity index (χ1) is 9.69. The summed E-state index contributed by atoms with van der Waals surface area (Å²) in [5.74, 6) is 0.105. The largest absolute Gasteiger partial charge is 0.508 e. The average Bonchev–Trinajstić information content (AvgIpc) is 2.39. The summed E-state index contributed by atoms with van der Waals surface area (Å²) in [4.78, 5) is 0. The molecule has 0 aliphatic heterocycles. The van der Waals surface area contributed by atoms with E-state index in [1.54, 1.807) is 12.1 Å². The Morgan fingerprint density at radius 2 is 1.57 bits per heavy atom. The van der Waals surface area contributed by atoms with Crippen molar-refractivity contribution in [1.29, 1.82) is 0 Å². The zero-order chi connectivity index (χ0) is 15.7. The SMILES string of the molecule is CC(NCC1(O)CCC(C)(C)CC1)c1cc(O)cc(O)c1. The molecular weight excluding hydrogens is 266 g/mol. The molecule has 1 fully saturated rings. The summed E-state index contributed by atoms with van der Waals surface area (Å²) >= 11 is 0. The third-order valence-electron chi connectivity index (χ3n) is 4.70. The fraction of sp³-hybridized carbons (Fsp3) is 0.647. The molecule has 21 heavy (non-hydrogen) atoms. The lowest BCUT2D eigenvalue weighted by molar-refractivity contribution is -0.0258. The fourth-order valence-corrected chi connectivity index (χ4v) is 2.90. The third-order valence-corrected chi connectivity index (χ3v) is 4.70. The number of phenols is 2. The molecule has 1 saturated carbocycles. The van der Waals surface area contributed by atoms with E-state index in [1.807, 2.05) is 6.92 Å². The van der Waals surface area contributed by atoms with E-state index in [4.69, 9.17) is 0 Å². The molecule has 118 valence electrons. The highest BCUT2D eigenvalue weighted by Gasteiger charge is 2.36. The van der Waals surface area contributed by atoms with E-state index in [0.29, 0.717) is 12.0 Å². The molecule has 4 heteroatoms. The molecule has 0 saturated heterocycles. The van der Waals surface area contributed by atoms with Gasteiger partial charge in [0.15, 0.2) is 0 Å². The normalized spacial score (nSPS) is 21.9. The van der Waals surface area contributed by atoms with Crippen molar-refractivity contribution in [2.45, 2.75) is 58.1 Å². The molecule has 0 heterocycles. The van der Waals surface area contributed by atoms with Gasteiger partial charge in [-0.3, -0.25) is 0 Å².